The van der Waals surface area contributed by atoms with Crippen LogP contribution in [0.2, 0.25) is 0 Å². The van der Waals surface area contributed by atoms with E-state index in [1.54, 1.807) is 24.4 Å². The first-order chi connectivity index (χ1) is 11.4. The van der Waals surface area contributed by atoms with Crippen molar-refractivity contribution in [2.24, 2.45) is 0 Å². The van der Waals surface area contributed by atoms with Crippen LogP contribution in [0, 0.1) is 0 Å². The number of rotatable bonds is 1. The monoisotopic (exact) mass is 529 g/mol. The second-order valence-corrected chi connectivity index (χ2v) is 8.61. The van der Waals surface area contributed by atoms with Crippen molar-refractivity contribution in [3.63, 3.8) is 0 Å². The number of thiazole rings is 1. The van der Waals surface area contributed by atoms with Gasteiger partial charge in [0.15, 0.2) is 10.6 Å². The van der Waals surface area contributed by atoms with Crippen LogP contribution < -0.4 is 10.1 Å². The van der Waals surface area contributed by atoms with Gasteiger partial charge in [0.25, 0.3) is 5.56 Å². The third-order valence-corrected chi connectivity index (χ3v) is 6.00. The van der Waals surface area contributed by atoms with E-state index < -0.39 is 0 Å². The molecule has 0 aliphatic heterocycles. The molecule has 9 heteroatoms. The number of fused-ring (bicyclic) bond motifs is 3. The molecular formula is C15H6Br3N3O2S. The van der Waals surface area contributed by atoms with Crippen molar-refractivity contribution >= 4 is 81.3 Å². The van der Waals surface area contributed by atoms with E-state index >= 15 is 0 Å². The van der Waals surface area contributed by atoms with Gasteiger partial charge in [0.2, 0.25) is 0 Å². The number of aromatic nitrogens is 3. The van der Waals surface area contributed by atoms with E-state index in [-0.39, 0.29) is 11.3 Å². The largest absolute Gasteiger partial charge is 0.506 e. The van der Waals surface area contributed by atoms with Crippen molar-refractivity contribution in [2.75, 3.05) is 0 Å². The number of hydrogen-bond donors (Lipinski definition) is 1. The van der Waals surface area contributed by atoms with Gasteiger partial charge < -0.3 is 5.11 Å². The minimum atomic E-state index is -0.160. The third-order valence-electron chi connectivity index (χ3n) is 3.39. The lowest BCUT2D eigenvalue weighted by Crippen LogP contribution is -2.22. The molecule has 24 heavy (non-hydrogen) atoms. The number of imidazole rings is 1. The van der Waals surface area contributed by atoms with E-state index in [1.165, 1.54) is 15.7 Å². The van der Waals surface area contributed by atoms with E-state index in [4.69, 9.17) is 0 Å². The molecule has 0 saturated heterocycles. The van der Waals surface area contributed by atoms with Crippen LogP contribution >= 0.6 is 59.1 Å². The summed E-state index contributed by atoms with van der Waals surface area (Å²) in [6, 6.07) is 5.32. The maximum atomic E-state index is 12.7. The minimum absolute atomic E-state index is 0.122. The molecule has 0 radical (unpaired) electrons. The Labute approximate surface area is 164 Å². The van der Waals surface area contributed by atoms with E-state index in [1.807, 2.05) is 6.07 Å². The quantitative estimate of drug-likeness (QED) is 0.405. The molecule has 3 aromatic heterocycles. The molecule has 1 aromatic carbocycles. The topological polar surface area (TPSA) is 67.5 Å². The average molecular weight is 532 g/mol. The number of phenolic OH excluding ortho intramolecular Hbond substituents is 1. The van der Waals surface area contributed by atoms with Crippen LogP contribution in [0.25, 0.3) is 22.2 Å². The smallest absolute Gasteiger partial charge is 0.276 e. The molecule has 120 valence electrons. The maximum Gasteiger partial charge on any atom is 0.276 e. The highest BCUT2D eigenvalue weighted by Gasteiger charge is 2.13. The van der Waals surface area contributed by atoms with Gasteiger partial charge >= 0.3 is 0 Å². The first-order valence-corrected chi connectivity index (χ1v) is 9.80. The van der Waals surface area contributed by atoms with Gasteiger partial charge in [0.05, 0.1) is 13.5 Å². The van der Waals surface area contributed by atoms with Gasteiger partial charge in [-0.05, 0) is 77.6 Å². The number of pyridine rings is 1. The average Bonchev–Trinajstić information content (AvgIpc) is 3.01. The van der Waals surface area contributed by atoms with Crippen molar-refractivity contribution in [3.8, 4) is 5.75 Å². The summed E-state index contributed by atoms with van der Waals surface area (Å²) in [6.07, 6.45) is 3.41. The van der Waals surface area contributed by atoms with Crippen LogP contribution in [0.4, 0.5) is 0 Å². The zero-order valence-corrected chi connectivity index (χ0v) is 17.2. The Balaban J connectivity index is 1.98. The van der Waals surface area contributed by atoms with Gasteiger partial charge in [0, 0.05) is 10.7 Å². The van der Waals surface area contributed by atoms with Crippen LogP contribution in [-0.2, 0) is 0 Å². The number of aromatic hydroxyl groups is 1. The zero-order chi connectivity index (χ0) is 17.0. The highest BCUT2D eigenvalue weighted by Crippen LogP contribution is 2.33. The number of nitrogens with zero attached hydrogens (tertiary/aromatic N) is 3. The molecule has 0 fully saturated rings. The Morgan fingerprint density at radius 1 is 1.17 bits per heavy atom. The SMILES string of the molecule is O=c1/c(=C\c2cc(Br)c(O)c(Br)c2)sc2nc3cc(Br)cnc3n12. The van der Waals surface area contributed by atoms with Crippen molar-refractivity contribution in [3.05, 3.63) is 58.3 Å². The lowest BCUT2D eigenvalue weighted by atomic mass is 10.2. The predicted molar refractivity (Wildman–Crippen MR) is 105 cm³/mol. The van der Waals surface area contributed by atoms with E-state index in [0.29, 0.717) is 29.6 Å². The van der Waals surface area contributed by atoms with E-state index in [2.05, 4.69) is 57.8 Å². The normalized spacial score (nSPS) is 12.5. The summed E-state index contributed by atoms with van der Waals surface area (Å²) >= 11 is 11.2. The highest BCUT2D eigenvalue weighted by molar-refractivity contribution is 9.11. The number of hydrogen-bond acceptors (Lipinski definition) is 5. The molecule has 0 amide bonds. The second kappa shape index (κ2) is 5.91. The maximum absolute atomic E-state index is 12.7. The fourth-order valence-electron chi connectivity index (χ4n) is 2.33. The van der Waals surface area contributed by atoms with E-state index in [9.17, 15) is 9.90 Å². The van der Waals surface area contributed by atoms with Crippen LogP contribution in [0.15, 0.2) is 42.6 Å². The van der Waals surface area contributed by atoms with E-state index in [0.717, 1.165) is 10.0 Å². The lowest BCUT2D eigenvalue weighted by Gasteiger charge is -2.01. The molecule has 0 spiro atoms. The van der Waals surface area contributed by atoms with Crippen LogP contribution in [0.1, 0.15) is 5.56 Å². The summed E-state index contributed by atoms with van der Waals surface area (Å²) in [4.78, 5) is 22.1. The second-order valence-electron chi connectivity index (χ2n) is 4.98. The molecule has 1 N–H and O–H groups in total. The van der Waals surface area contributed by atoms with Crippen LogP contribution in [-0.4, -0.2) is 19.5 Å². The molecular weight excluding hydrogens is 526 g/mol. The molecule has 0 aliphatic rings. The van der Waals surface area contributed by atoms with Gasteiger partial charge in [-0.2, -0.15) is 0 Å². The predicted octanol–water partition coefficient (Wildman–Crippen LogP) is 3.85. The van der Waals surface area contributed by atoms with Gasteiger partial charge in [-0.3, -0.25) is 4.79 Å². The Morgan fingerprint density at radius 3 is 2.58 bits per heavy atom. The molecule has 0 aliphatic carbocycles. The molecule has 4 rings (SSSR count). The summed E-state index contributed by atoms with van der Waals surface area (Å²) in [5, 5.41) is 9.78. The van der Waals surface area contributed by atoms with Gasteiger partial charge in [0.1, 0.15) is 11.3 Å². The Bertz CT molecular complexity index is 1210. The number of halogens is 3. The molecule has 0 atom stereocenters. The van der Waals surface area contributed by atoms with Crippen molar-refractivity contribution in [2.45, 2.75) is 0 Å². The first-order valence-electron chi connectivity index (χ1n) is 6.60. The van der Waals surface area contributed by atoms with Crippen molar-refractivity contribution in [1.82, 2.24) is 14.4 Å². The summed E-state index contributed by atoms with van der Waals surface area (Å²) in [7, 11) is 0. The fraction of sp³-hybridized carbons (Fsp3) is 0. The van der Waals surface area contributed by atoms with Crippen LogP contribution in [0.5, 0.6) is 5.75 Å². The highest BCUT2D eigenvalue weighted by atomic mass is 79.9. The van der Waals surface area contributed by atoms with Gasteiger partial charge in [-0.15, -0.1) is 0 Å². The molecule has 5 nitrogen and oxygen atoms in total. The Morgan fingerprint density at radius 2 is 1.88 bits per heavy atom. The fourth-order valence-corrected chi connectivity index (χ4v) is 4.85. The van der Waals surface area contributed by atoms with Crippen molar-refractivity contribution in [1.29, 1.82) is 0 Å². The summed E-state index contributed by atoms with van der Waals surface area (Å²) < 4.78 is 3.98. The van der Waals surface area contributed by atoms with Crippen molar-refractivity contribution < 1.29 is 5.11 Å². The molecule has 0 bridgehead atoms. The Kier molecular flexibility index (Phi) is 3.98. The summed E-state index contributed by atoms with van der Waals surface area (Å²) in [5.74, 6) is 0.122. The first kappa shape index (κ1) is 16.2. The van der Waals surface area contributed by atoms with Crippen LogP contribution in [0.3, 0.4) is 0 Å². The number of phenols is 1. The standard InChI is InChI=1S/C15H6Br3N3O2S/c16-7-4-10-13(19-5-7)21-14(23)11(24-15(21)20-10)3-6-1-8(17)12(22)9(18)2-6/h1-5,22H/b11-3+. The molecule has 3 heterocycles. The van der Waals surface area contributed by atoms with Gasteiger partial charge in [-0.25, -0.2) is 14.4 Å². The molecule has 0 saturated carbocycles. The summed E-state index contributed by atoms with van der Waals surface area (Å²) in [5.41, 5.74) is 1.84. The minimum Gasteiger partial charge on any atom is -0.506 e. The molecule has 0 unspecified atom stereocenters. The third kappa shape index (κ3) is 2.59. The lowest BCUT2D eigenvalue weighted by molar-refractivity contribution is 0.468. The zero-order valence-electron chi connectivity index (χ0n) is 11.6. The Hall–Kier alpha value is -1.29. The summed E-state index contributed by atoms with van der Waals surface area (Å²) in [6.45, 7) is 0. The number of benzene rings is 1. The van der Waals surface area contributed by atoms with Gasteiger partial charge in [-0.1, -0.05) is 11.3 Å². The molecule has 4 aromatic rings.